The molecule has 1 aromatic carbocycles. The number of thiophene rings is 1. The van der Waals surface area contributed by atoms with E-state index in [0.29, 0.717) is 10.6 Å². The predicted octanol–water partition coefficient (Wildman–Crippen LogP) is 5.18. The molecule has 0 unspecified atom stereocenters. The maximum absolute atomic E-state index is 8.91. The average Bonchev–Trinajstić information content (AvgIpc) is 2.86. The monoisotopic (exact) mass is 304 g/mol. The normalized spacial score (nSPS) is 11.2. The van der Waals surface area contributed by atoms with Gasteiger partial charge in [-0.3, -0.25) is 0 Å². The summed E-state index contributed by atoms with van der Waals surface area (Å²) < 4.78 is 0. The van der Waals surface area contributed by atoms with E-state index in [0.717, 1.165) is 12.2 Å². The minimum absolute atomic E-state index is 0.182. The summed E-state index contributed by atoms with van der Waals surface area (Å²) >= 11 is 7.93. The van der Waals surface area contributed by atoms with Crippen molar-refractivity contribution in [1.29, 1.82) is 5.26 Å². The van der Waals surface area contributed by atoms with E-state index < -0.39 is 0 Å². The first-order valence-electron chi connectivity index (χ1n) is 6.43. The molecule has 1 aromatic heterocycles. The zero-order valence-electron chi connectivity index (χ0n) is 11.8. The Bertz CT molecular complexity index is 647. The highest BCUT2D eigenvalue weighted by atomic mass is 35.5. The van der Waals surface area contributed by atoms with Crippen LogP contribution in [0.4, 0.5) is 5.69 Å². The van der Waals surface area contributed by atoms with Crippen LogP contribution in [0.2, 0.25) is 5.02 Å². The summed E-state index contributed by atoms with van der Waals surface area (Å²) in [5, 5.41) is 12.8. The Kier molecular flexibility index (Phi) is 4.37. The third kappa shape index (κ3) is 3.53. The Balaban J connectivity index is 2.09. The maximum Gasteiger partial charge on any atom is 0.0992 e. The number of halogens is 1. The van der Waals surface area contributed by atoms with Crippen LogP contribution in [0.3, 0.4) is 0 Å². The number of hydrogen-bond acceptors (Lipinski definition) is 3. The summed E-state index contributed by atoms with van der Waals surface area (Å²) in [6, 6.07) is 11.7. The molecule has 104 valence electrons. The van der Waals surface area contributed by atoms with Crippen molar-refractivity contribution in [1.82, 2.24) is 0 Å². The third-order valence-corrected chi connectivity index (χ3v) is 4.79. The molecule has 0 spiro atoms. The van der Waals surface area contributed by atoms with Crippen LogP contribution in [0.1, 0.15) is 36.1 Å². The van der Waals surface area contributed by atoms with Gasteiger partial charge >= 0.3 is 0 Å². The molecule has 0 fully saturated rings. The average molecular weight is 305 g/mol. The molecule has 0 saturated carbocycles. The fraction of sp³-hybridized carbons (Fsp3) is 0.312. The van der Waals surface area contributed by atoms with Crippen LogP contribution in [0.15, 0.2) is 30.3 Å². The van der Waals surface area contributed by atoms with Gasteiger partial charge in [-0.25, -0.2) is 0 Å². The Morgan fingerprint density at radius 3 is 2.60 bits per heavy atom. The lowest BCUT2D eigenvalue weighted by atomic mass is 9.95. The van der Waals surface area contributed by atoms with E-state index in [1.54, 1.807) is 29.5 Å². The lowest BCUT2D eigenvalue weighted by Crippen LogP contribution is -2.07. The molecule has 0 aliphatic rings. The standard InChI is InChI=1S/C16H17ClN2S/c1-16(2,3)15-7-5-12(20-15)10-19-14-8-11(9-18)4-6-13(14)17/h4-8,19H,10H2,1-3H3. The molecule has 0 amide bonds. The van der Waals surface area contributed by atoms with Crippen LogP contribution >= 0.6 is 22.9 Å². The molecule has 0 atom stereocenters. The summed E-state index contributed by atoms with van der Waals surface area (Å²) in [7, 11) is 0. The van der Waals surface area contributed by atoms with Crippen LogP contribution in [-0.4, -0.2) is 0 Å². The summed E-state index contributed by atoms with van der Waals surface area (Å²) in [5.41, 5.74) is 1.59. The zero-order chi connectivity index (χ0) is 14.8. The summed E-state index contributed by atoms with van der Waals surface area (Å²) in [6.45, 7) is 7.35. The molecule has 1 heterocycles. The van der Waals surface area contributed by atoms with E-state index >= 15 is 0 Å². The molecule has 0 saturated heterocycles. The molecule has 0 aliphatic heterocycles. The molecule has 1 N–H and O–H groups in total. The van der Waals surface area contributed by atoms with Gasteiger partial charge < -0.3 is 5.32 Å². The van der Waals surface area contributed by atoms with Gasteiger partial charge in [-0.2, -0.15) is 5.26 Å². The summed E-state index contributed by atoms with van der Waals surface area (Å²) in [4.78, 5) is 2.62. The van der Waals surface area contributed by atoms with Gasteiger partial charge in [0, 0.05) is 16.3 Å². The molecule has 2 aromatic rings. The fourth-order valence-electron chi connectivity index (χ4n) is 1.79. The first-order valence-corrected chi connectivity index (χ1v) is 7.62. The second kappa shape index (κ2) is 5.87. The Labute approximate surface area is 129 Å². The third-order valence-electron chi connectivity index (χ3n) is 2.95. The van der Waals surface area contributed by atoms with E-state index in [1.807, 2.05) is 0 Å². The molecule has 0 aliphatic carbocycles. The lowest BCUT2D eigenvalue weighted by Gasteiger charge is -2.15. The van der Waals surface area contributed by atoms with Gasteiger partial charge in [0.25, 0.3) is 0 Å². The van der Waals surface area contributed by atoms with Gasteiger partial charge in [-0.1, -0.05) is 32.4 Å². The second-order valence-electron chi connectivity index (χ2n) is 5.68. The number of nitrogens with one attached hydrogen (secondary N) is 1. The molecule has 2 nitrogen and oxygen atoms in total. The van der Waals surface area contributed by atoms with Crippen molar-refractivity contribution in [2.24, 2.45) is 0 Å². The Morgan fingerprint density at radius 1 is 1.25 bits per heavy atom. The van der Waals surface area contributed by atoms with E-state index in [-0.39, 0.29) is 5.41 Å². The maximum atomic E-state index is 8.91. The first kappa shape index (κ1) is 14.9. The van der Waals surface area contributed by atoms with Crippen molar-refractivity contribution in [3.05, 3.63) is 50.7 Å². The minimum atomic E-state index is 0.182. The van der Waals surface area contributed by atoms with Crippen molar-refractivity contribution in [2.45, 2.75) is 32.7 Å². The van der Waals surface area contributed by atoms with Crippen LogP contribution in [0.5, 0.6) is 0 Å². The summed E-state index contributed by atoms with van der Waals surface area (Å²) in [5.74, 6) is 0. The Hall–Kier alpha value is -1.50. The summed E-state index contributed by atoms with van der Waals surface area (Å²) in [6.07, 6.45) is 0. The van der Waals surface area contributed by atoms with Crippen LogP contribution in [0, 0.1) is 11.3 Å². The molecule has 20 heavy (non-hydrogen) atoms. The van der Waals surface area contributed by atoms with Crippen molar-refractivity contribution in [3.8, 4) is 6.07 Å². The van der Waals surface area contributed by atoms with Crippen molar-refractivity contribution in [2.75, 3.05) is 5.32 Å². The van der Waals surface area contributed by atoms with Gasteiger partial charge in [-0.15, -0.1) is 11.3 Å². The van der Waals surface area contributed by atoms with Gasteiger partial charge in [0.15, 0.2) is 0 Å². The first-order chi connectivity index (χ1) is 9.40. The van der Waals surface area contributed by atoms with Gasteiger partial charge in [0.1, 0.15) is 0 Å². The topological polar surface area (TPSA) is 35.8 Å². The number of rotatable bonds is 3. The zero-order valence-corrected chi connectivity index (χ0v) is 13.4. The number of nitriles is 1. The molecule has 4 heteroatoms. The SMILES string of the molecule is CC(C)(C)c1ccc(CNc2cc(C#N)ccc2Cl)s1. The van der Waals surface area contributed by atoms with Crippen molar-refractivity contribution in [3.63, 3.8) is 0 Å². The predicted molar refractivity (Wildman–Crippen MR) is 86.5 cm³/mol. The van der Waals surface area contributed by atoms with Crippen LogP contribution < -0.4 is 5.32 Å². The molecular formula is C16H17ClN2S. The highest BCUT2D eigenvalue weighted by Crippen LogP contribution is 2.30. The largest absolute Gasteiger partial charge is 0.379 e. The van der Waals surface area contributed by atoms with E-state index in [1.165, 1.54) is 9.75 Å². The van der Waals surface area contributed by atoms with Crippen molar-refractivity contribution < 1.29 is 0 Å². The molecule has 0 bridgehead atoms. The van der Waals surface area contributed by atoms with E-state index in [2.05, 4.69) is 44.3 Å². The van der Waals surface area contributed by atoms with Crippen molar-refractivity contribution >= 4 is 28.6 Å². The highest BCUT2D eigenvalue weighted by molar-refractivity contribution is 7.12. The van der Waals surface area contributed by atoms with E-state index in [4.69, 9.17) is 16.9 Å². The minimum Gasteiger partial charge on any atom is -0.379 e. The fourth-order valence-corrected chi connectivity index (χ4v) is 2.98. The lowest BCUT2D eigenvalue weighted by molar-refractivity contribution is 0.604. The smallest absolute Gasteiger partial charge is 0.0992 e. The second-order valence-corrected chi connectivity index (χ2v) is 7.25. The molecule has 0 radical (unpaired) electrons. The van der Waals surface area contributed by atoms with Gasteiger partial charge in [0.2, 0.25) is 0 Å². The number of hydrogen-bond donors (Lipinski definition) is 1. The van der Waals surface area contributed by atoms with E-state index in [9.17, 15) is 0 Å². The quantitative estimate of drug-likeness (QED) is 0.847. The number of benzene rings is 1. The molecule has 2 rings (SSSR count). The number of anilines is 1. The van der Waals surface area contributed by atoms with Crippen LogP contribution in [-0.2, 0) is 12.0 Å². The highest BCUT2D eigenvalue weighted by Gasteiger charge is 2.15. The molecular weight excluding hydrogens is 288 g/mol. The van der Waals surface area contributed by atoms with Gasteiger partial charge in [0.05, 0.1) is 22.3 Å². The number of nitrogens with zero attached hydrogens (tertiary/aromatic N) is 1. The van der Waals surface area contributed by atoms with Crippen LogP contribution in [0.25, 0.3) is 0 Å². The van der Waals surface area contributed by atoms with Gasteiger partial charge in [-0.05, 0) is 35.7 Å². The Morgan fingerprint density at radius 2 is 2.00 bits per heavy atom.